The third-order valence-corrected chi connectivity index (χ3v) is 7.79. The lowest BCUT2D eigenvalue weighted by molar-refractivity contribution is -0.00770. The van der Waals surface area contributed by atoms with Crippen LogP contribution in [-0.4, -0.2) is 16.3 Å². The number of aromatic nitrogens is 2. The highest BCUT2D eigenvalue weighted by atomic mass is 15.3. The fourth-order valence-corrected chi connectivity index (χ4v) is 7.19. The lowest BCUT2D eigenvalue weighted by atomic mass is 9.48. The molecule has 1 N–H and O–H groups in total. The molecule has 1 aromatic carbocycles. The van der Waals surface area contributed by atoms with Gasteiger partial charge in [0.15, 0.2) is 0 Å². The second-order valence-electron chi connectivity index (χ2n) is 9.44. The van der Waals surface area contributed by atoms with Crippen LogP contribution in [0.1, 0.15) is 62.3 Å². The lowest BCUT2D eigenvalue weighted by Gasteiger charge is -2.56. The smallest absolute Gasteiger partial charge is 0.133 e. The van der Waals surface area contributed by atoms with E-state index in [1.807, 2.05) is 0 Å². The van der Waals surface area contributed by atoms with E-state index in [0.717, 1.165) is 37.1 Å². The number of nitrogens with one attached hydrogen (secondary N) is 1. The highest BCUT2D eigenvalue weighted by molar-refractivity contribution is 5.60. The average Bonchev–Trinajstić information content (AvgIpc) is 3.23. The molecule has 0 saturated heterocycles. The van der Waals surface area contributed by atoms with Crippen molar-refractivity contribution in [3.63, 3.8) is 0 Å². The SMILES string of the molecule is CCc1ccccc1-n1nc(C23CC4CC(CC(C4)C2)C3)c2c1NCC2. The van der Waals surface area contributed by atoms with Gasteiger partial charge in [0.05, 0.1) is 11.4 Å². The third-order valence-electron chi connectivity index (χ3n) is 7.79. The van der Waals surface area contributed by atoms with Gasteiger partial charge in [-0.2, -0.15) is 5.10 Å². The summed E-state index contributed by atoms with van der Waals surface area (Å²) in [7, 11) is 0. The summed E-state index contributed by atoms with van der Waals surface area (Å²) in [5.74, 6) is 4.20. The van der Waals surface area contributed by atoms with Crippen LogP contribution in [0.3, 0.4) is 0 Å². The number of anilines is 1. The first-order valence-electron chi connectivity index (χ1n) is 10.7. The van der Waals surface area contributed by atoms with Crippen molar-refractivity contribution in [1.29, 1.82) is 0 Å². The van der Waals surface area contributed by atoms with Crippen LogP contribution >= 0.6 is 0 Å². The molecule has 3 nitrogen and oxygen atoms in total. The number of rotatable bonds is 3. The molecular weight excluding hydrogens is 318 g/mol. The van der Waals surface area contributed by atoms with Gasteiger partial charge in [-0.25, -0.2) is 4.68 Å². The molecular formula is C23H29N3. The summed E-state index contributed by atoms with van der Waals surface area (Å²) in [5, 5.41) is 9.03. The molecule has 7 rings (SSSR count). The molecule has 0 atom stereocenters. The van der Waals surface area contributed by atoms with Gasteiger partial charge in [-0.3, -0.25) is 0 Å². The maximum atomic E-state index is 5.35. The van der Waals surface area contributed by atoms with Gasteiger partial charge in [0.25, 0.3) is 0 Å². The fourth-order valence-electron chi connectivity index (χ4n) is 7.19. The van der Waals surface area contributed by atoms with E-state index in [1.54, 1.807) is 0 Å². The van der Waals surface area contributed by atoms with E-state index in [1.165, 1.54) is 66.9 Å². The summed E-state index contributed by atoms with van der Waals surface area (Å²) in [5.41, 5.74) is 6.07. The Balaban J connectivity index is 1.51. The van der Waals surface area contributed by atoms with Crippen LogP contribution in [0, 0.1) is 17.8 Å². The van der Waals surface area contributed by atoms with E-state index >= 15 is 0 Å². The second-order valence-corrected chi connectivity index (χ2v) is 9.44. The van der Waals surface area contributed by atoms with Crippen LogP contribution in [0.5, 0.6) is 0 Å². The Labute approximate surface area is 156 Å². The van der Waals surface area contributed by atoms with Crippen LogP contribution in [0.2, 0.25) is 0 Å². The zero-order valence-corrected chi connectivity index (χ0v) is 15.8. The Morgan fingerprint density at radius 3 is 2.46 bits per heavy atom. The zero-order chi connectivity index (χ0) is 17.3. The third kappa shape index (κ3) is 2.03. The molecule has 136 valence electrons. The zero-order valence-electron chi connectivity index (χ0n) is 15.8. The molecule has 3 heteroatoms. The molecule has 4 bridgehead atoms. The molecule has 4 fully saturated rings. The van der Waals surface area contributed by atoms with E-state index in [9.17, 15) is 0 Å². The molecule has 4 saturated carbocycles. The average molecular weight is 348 g/mol. The first-order valence-corrected chi connectivity index (χ1v) is 10.7. The van der Waals surface area contributed by atoms with E-state index in [-0.39, 0.29) is 0 Å². The fraction of sp³-hybridized carbons (Fsp3) is 0.609. The summed E-state index contributed by atoms with van der Waals surface area (Å²) in [6.45, 7) is 3.32. The molecule has 0 unspecified atom stereocenters. The van der Waals surface area contributed by atoms with Crippen molar-refractivity contribution in [3.8, 4) is 5.69 Å². The molecule has 4 aliphatic carbocycles. The minimum atomic E-state index is 0.386. The van der Waals surface area contributed by atoms with Gasteiger partial charge in [-0.1, -0.05) is 25.1 Å². The van der Waals surface area contributed by atoms with Gasteiger partial charge >= 0.3 is 0 Å². The van der Waals surface area contributed by atoms with Gasteiger partial charge in [0.2, 0.25) is 0 Å². The number of benzene rings is 1. The summed E-state index contributed by atoms with van der Waals surface area (Å²) in [6, 6.07) is 8.81. The Morgan fingerprint density at radius 1 is 1.08 bits per heavy atom. The van der Waals surface area contributed by atoms with E-state index in [4.69, 9.17) is 5.10 Å². The normalized spacial score (nSPS) is 34.1. The summed E-state index contributed by atoms with van der Waals surface area (Å²) in [6.07, 6.45) is 10.9. The molecule has 0 amide bonds. The summed E-state index contributed by atoms with van der Waals surface area (Å²) in [4.78, 5) is 0. The van der Waals surface area contributed by atoms with Crippen molar-refractivity contribution in [1.82, 2.24) is 9.78 Å². The van der Waals surface area contributed by atoms with Crippen LogP contribution in [-0.2, 0) is 18.3 Å². The van der Waals surface area contributed by atoms with E-state index in [0.29, 0.717) is 5.41 Å². The van der Waals surface area contributed by atoms with Crippen molar-refractivity contribution >= 4 is 5.82 Å². The first kappa shape index (κ1) is 15.3. The number of hydrogen-bond acceptors (Lipinski definition) is 2. The highest BCUT2D eigenvalue weighted by Gasteiger charge is 2.54. The molecule has 0 spiro atoms. The van der Waals surface area contributed by atoms with Crippen molar-refractivity contribution in [2.24, 2.45) is 17.8 Å². The summed E-state index contributed by atoms with van der Waals surface area (Å²) >= 11 is 0. The first-order chi connectivity index (χ1) is 12.8. The molecule has 5 aliphatic rings. The largest absolute Gasteiger partial charge is 0.369 e. The minimum Gasteiger partial charge on any atom is -0.369 e. The van der Waals surface area contributed by atoms with E-state index in [2.05, 4.69) is 41.2 Å². The lowest BCUT2D eigenvalue weighted by Crippen LogP contribution is -2.49. The Morgan fingerprint density at radius 2 is 1.77 bits per heavy atom. The number of para-hydroxylation sites is 1. The van der Waals surface area contributed by atoms with Gasteiger partial charge in [-0.05, 0) is 80.8 Å². The number of nitrogens with zero attached hydrogens (tertiary/aromatic N) is 2. The highest BCUT2D eigenvalue weighted by Crippen LogP contribution is 2.61. The predicted molar refractivity (Wildman–Crippen MR) is 105 cm³/mol. The molecule has 26 heavy (non-hydrogen) atoms. The van der Waals surface area contributed by atoms with Crippen molar-refractivity contribution in [2.45, 2.75) is 63.7 Å². The van der Waals surface area contributed by atoms with Gasteiger partial charge in [0, 0.05) is 17.5 Å². The number of hydrogen-bond donors (Lipinski definition) is 1. The number of fused-ring (bicyclic) bond motifs is 1. The number of aryl methyl sites for hydroxylation is 1. The maximum Gasteiger partial charge on any atom is 0.133 e. The van der Waals surface area contributed by atoms with Gasteiger partial charge < -0.3 is 5.32 Å². The van der Waals surface area contributed by atoms with Crippen LogP contribution in [0.25, 0.3) is 5.69 Å². The van der Waals surface area contributed by atoms with Crippen LogP contribution < -0.4 is 5.32 Å². The van der Waals surface area contributed by atoms with Gasteiger partial charge in [0.1, 0.15) is 5.82 Å². The standard InChI is InChI=1S/C23H29N3/c1-2-18-5-3-4-6-20(18)26-22-19(7-8-24-22)21(25-26)23-12-15-9-16(13-23)11-17(10-15)14-23/h3-6,15-17,24H,2,7-14H2,1H3. The predicted octanol–water partition coefficient (Wildman–Crippen LogP) is 4.87. The minimum absolute atomic E-state index is 0.386. The van der Waals surface area contributed by atoms with Crippen LogP contribution in [0.4, 0.5) is 5.82 Å². The summed E-state index contributed by atoms with van der Waals surface area (Å²) < 4.78 is 2.26. The Bertz CT molecular complexity index is 827. The monoisotopic (exact) mass is 347 g/mol. The second kappa shape index (κ2) is 5.37. The topological polar surface area (TPSA) is 29.9 Å². The van der Waals surface area contributed by atoms with Crippen molar-refractivity contribution in [2.75, 3.05) is 11.9 Å². The Kier molecular flexibility index (Phi) is 3.16. The van der Waals surface area contributed by atoms with E-state index < -0.39 is 0 Å². The van der Waals surface area contributed by atoms with Crippen molar-refractivity contribution in [3.05, 3.63) is 41.1 Å². The molecule has 0 radical (unpaired) electrons. The maximum absolute atomic E-state index is 5.35. The Hall–Kier alpha value is -1.77. The quantitative estimate of drug-likeness (QED) is 0.858. The molecule has 1 aromatic heterocycles. The van der Waals surface area contributed by atoms with Crippen molar-refractivity contribution < 1.29 is 0 Å². The van der Waals surface area contributed by atoms with Crippen LogP contribution in [0.15, 0.2) is 24.3 Å². The molecule has 2 heterocycles. The van der Waals surface area contributed by atoms with Gasteiger partial charge in [-0.15, -0.1) is 0 Å². The molecule has 1 aliphatic heterocycles. The molecule has 2 aromatic rings.